The number of nitrogens with one attached hydrogen (secondary N) is 1. The van der Waals surface area contributed by atoms with E-state index in [2.05, 4.69) is 34.2 Å². The molecule has 1 aromatic rings. The molecule has 0 spiro atoms. The van der Waals surface area contributed by atoms with Gasteiger partial charge in [-0.25, -0.2) is 4.68 Å². The maximum absolute atomic E-state index is 4.40. The molecule has 1 atom stereocenters. The van der Waals surface area contributed by atoms with Crippen molar-refractivity contribution in [3.8, 4) is 0 Å². The molecule has 1 N–H and O–H groups in total. The van der Waals surface area contributed by atoms with Crippen molar-refractivity contribution >= 4 is 0 Å². The van der Waals surface area contributed by atoms with Crippen LogP contribution in [0.4, 0.5) is 0 Å². The third-order valence-corrected chi connectivity index (χ3v) is 4.20. The monoisotopic (exact) mass is 220 g/mol. The van der Waals surface area contributed by atoms with Crippen LogP contribution >= 0.6 is 0 Å². The average molecular weight is 220 g/mol. The lowest BCUT2D eigenvalue weighted by atomic mass is 9.87. The van der Waals surface area contributed by atoms with Crippen LogP contribution in [0.3, 0.4) is 0 Å². The van der Waals surface area contributed by atoms with Crippen LogP contribution in [-0.4, -0.2) is 21.5 Å². The van der Waals surface area contributed by atoms with E-state index >= 15 is 0 Å². The normalized spacial score (nSPS) is 28.0. The molecule has 0 saturated heterocycles. The van der Waals surface area contributed by atoms with E-state index in [-0.39, 0.29) is 0 Å². The molecular weight excluding hydrogens is 200 g/mol. The van der Waals surface area contributed by atoms with E-state index in [1.807, 2.05) is 0 Å². The van der Waals surface area contributed by atoms with Gasteiger partial charge in [-0.05, 0) is 18.3 Å². The summed E-state index contributed by atoms with van der Waals surface area (Å²) in [6.45, 7) is 6.68. The molecule has 4 nitrogen and oxygen atoms in total. The Kier molecular flexibility index (Phi) is 2.28. The van der Waals surface area contributed by atoms with Crippen LogP contribution in [0.5, 0.6) is 0 Å². The molecule has 3 rings (SSSR count). The summed E-state index contributed by atoms with van der Waals surface area (Å²) in [7, 11) is 0. The lowest BCUT2D eigenvalue weighted by Gasteiger charge is -2.28. The van der Waals surface area contributed by atoms with E-state index in [1.54, 1.807) is 0 Å². The second-order valence-corrected chi connectivity index (χ2v) is 5.75. The smallest absolute Gasteiger partial charge is 0.0997 e. The first-order valence-electron chi connectivity index (χ1n) is 6.32. The minimum Gasteiger partial charge on any atom is -0.311 e. The zero-order chi connectivity index (χ0) is 11.2. The first-order valence-corrected chi connectivity index (χ1v) is 6.32. The fourth-order valence-corrected chi connectivity index (χ4v) is 3.17. The molecule has 1 unspecified atom stereocenters. The number of aromatic nitrogens is 3. The van der Waals surface area contributed by atoms with Crippen LogP contribution in [-0.2, 0) is 13.0 Å². The predicted molar refractivity (Wildman–Crippen MR) is 62.1 cm³/mol. The molecule has 1 saturated carbocycles. The maximum Gasteiger partial charge on any atom is 0.0997 e. The van der Waals surface area contributed by atoms with Gasteiger partial charge in [0.1, 0.15) is 0 Å². The van der Waals surface area contributed by atoms with Crippen molar-refractivity contribution < 1.29 is 0 Å². The zero-order valence-corrected chi connectivity index (χ0v) is 10.2. The van der Waals surface area contributed by atoms with E-state index in [4.69, 9.17) is 0 Å². The zero-order valence-electron chi connectivity index (χ0n) is 10.2. The van der Waals surface area contributed by atoms with Gasteiger partial charge in [-0.3, -0.25) is 0 Å². The standard InChI is InChI=1S/C12H20N4/c1-12(2)6-3-4-11(12)16-10-5-7-13-8-9(10)14-15-16/h11,13H,3-8H2,1-2H3. The average Bonchev–Trinajstić information content (AvgIpc) is 2.81. The fourth-order valence-electron chi connectivity index (χ4n) is 3.17. The van der Waals surface area contributed by atoms with Crippen LogP contribution in [0.15, 0.2) is 0 Å². The highest BCUT2D eigenvalue weighted by atomic mass is 15.5. The van der Waals surface area contributed by atoms with Crippen molar-refractivity contribution in [2.75, 3.05) is 6.54 Å². The summed E-state index contributed by atoms with van der Waals surface area (Å²) in [5.74, 6) is 0. The summed E-state index contributed by atoms with van der Waals surface area (Å²) in [5.41, 5.74) is 2.92. The minimum absolute atomic E-state index is 0.381. The molecule has 1 fully saturated rings. The van der Waals surface area contributed by atoms with Crippen molar-refractivity contribution in [2.24, 2.45) is 5.41 Å². The Morgan fingerprint density at radius 1 is 1.44 bits per heavy atom. The van der Waals surface area contributed by atoms with Crippen LogP contribution in [0.1, 0.15) is 50.5 Å². The van der Waals surface area contributed by atoms with Gasteiger partial charge in [0, 0.05) is 19.5 Å². The highest BCUT2D eigenvalue weighted by molar-refractivity contribution is 5.15. The molecule has 1 aliphatic heterocycles. The number of nitrogens with zero attached hydrogens (tertiary/aromatic N) is 3. The van der Waals surface area contributed by atoms with Crippen molar-refractivity contribution in [1.29, 1.82) is 0 Å². The van der Waals surface area contributed by atoms with E-state index in [0.717, 1.165) is 25.2 Å². The topological polar surface area (TPSA) is 42.7 Å². The largest absolute Gasteiger partial charge is 0.311 e. The van der Waals surface area contributed by atoms with Gasteiger partial charge >= 0.3 is 0 Å². The predicted octanol–water partition coefficient (Wildman–Crippen LogP) is 1.68. The first kappa shape index (κ1) is 10.3. The summed E-state index contributed by atoms with van der Waals surface area (Å²) in [5, 5.41) is 12.1. The molecule has 4 heteroatoms. The Morgan fingerprint density at radius 3 is 3.06 bits per heavy atom. The Bertz CT molecular complexity index is 394. The SMILES string of the molecule is CC1(C)CCCC1n1nnc2c1CCNC2. The molecule has 1 aliphatic carbocycles. The number of rotatable bonds is 1. The van der Waals surface area contributed by atoms with Crippen LogP contribution in [0.25, 0.3) is 0 Å². The quantitative estimate of drug-likeness (QED) is 0.783. The summed E-state index contributed by atoms with van der Waals surface area (Å²) in [4.78, 5) is 0. The summed E-state index contributed by atoms with van der Waals surface area (Å²) in [6, 6.07) is 0.557. The molecule has 16 heavy (non-hydrogen) atoms. The third kappa shape index (κ3) is 1.47. The number of fused-ring (bicyclic) bond motifs is 1. The lowest BCUT2D eigenvalue weighted by molar-refractivity contribution is 0.235. The minimum atomic E-state index is 0.381. The Balaban J connectivity index is 1.97. The highest BCUT2D eigenvalue weighted by Crippen LogP contribution is 2.46. The van der Waals surface area contributed by atoms with Crippen molar-refractivity contribution in [3.05, 3.63) is 11.4 Å². The van der Waals surface area contributed by atoms with Crippen molar-refractivity contribution in [3.63, 3.8) is 0 Å². The number of hydrogen-bond acceptors (Lipinski definition) is 3. The molecular formula is C12H20N4. The van der Waals surface area contributed by atoms with Gasteiger partial charge in [-0.15, -0.1) is 5.10 Å². The van der Waals surface area contributed by atoms with Crippen molar-refractivity contribution in [2.45, 2.75) is 52.1 Å². The highest BCUT2D eigenvalue weighted by Gasteiger charge is 2.38. The van der Waals surface area contributed by atoms with Gasteiger partial charge in [0.15, 0.2) is 0 Å². The lowest BCUT2D eigenvalue weighted by Crippen LogP contribution is -2.29. The van der Waals surface area contributed by atoms with E-state index < -0.39 is 0 Å². The Morgan fingerprint density at radius 2 is 2.31 bits per heavy atom. The fraction of sp³-hybridized carbons (Fsp3) is 0.833. The molecule has 2 heterocycles. The Labute approximate surface area is 96.4 Å². The molecule has 2 aliphatic rings. The maximum atomic E-state index is 4.40. The molecule has 0 aromatic carbocycles. The van der Waals surface area contributed by atoms with Gasteiger partial charge in [0.05, 0.1) is 17.4 Å². The van der Waals surface area contributed by atoms with Gasteiger partial charge in [-0.1, -0.05) is 25.5 Å². The molecule has 1 aromatic heterocycles. The first-order chi connectivity index (χ1) is 7.68. The molecule has 0 amide bonds. The third-order valence-electron chi connectivity index (χ3n) is 4.20. The summed E-state index contributed by atoms with van der Waals surface area (Å²) < 4.78 is 2.23. The summed E-state index contributed by atoms with van der Waals surface area (Å²) >= 11 is 0. The van der Waals surface area contributed by atoms with Gasteiger partial charge in [-0.2, -0.15) is 0 Å². The van der Waals surface area contributed by atoms with E-state index in [0.29, 0.717) is 11.5 Å². The van der Waals surface area contributed by atoms with Gasteiger partial charge < -0.3 is 5.32 Å². The van der Waals surface area contributed by atoms with E-state index in [9.17, 15) is 0 Å². The molecule has 0 bridgehead atoms. The van der Waals surface area contributed by atoms with E-state index in [1.165, 1.54) is 25.0 Å². The van der Waals surface area contributed by atoms with Crippen LogP contribution in [0, 0.1) is 5.41 Å². The molecule has 0 radical (unpaired) electrons. The van der Waals surface area contributed by atoms with Gasteiger partial charge in [0.25, 0.3) is 0 Å². The van der Waals surface area contributed by atoms with Crippen LogP contribution in [0.2, 0.25) is 0 Å². The van der Waals surface area contributed by atoms with Crippen molar-refractivity contribution in [1.82, 2.24) is 20.3 Å². The number of hydrogen-bond donors (Lipinski definition) is 1. The molecule has 88 valence electrons. The van der Waals surface area contributed by atoms with Crippen LogP contribution < -0.4 is 5.32 Å². The summed E-state index contributed by atoms with van der Waals surface area (Å²) in [6.07, 6.45) is 4.97. The Hall–Kier alpha value is -0.900. The second-order valence-electron chi connectivity index (χ2n) is 5.75. The van der Waals surface area contributed by atoms with Gasteiger partial charge in [0.2, 0.25) is 0 Å². The second kappa shape index (κ2) is 3.55.